The zero-order valence-corrected chi connectivity index (χ0v) is 12.9. The first-order valence-electron chi connectivity index (χ1n) is 5.66. The SMILES string of the molecule is CN(CC(=O)N1CCN(S(C)(=O)=O)CC1)S(C)(=O)=O. The Morgan fingerprint density at radius 1 is 1.05 bits per heavy atom. The van der Waals surface area contributed by atoms with Gasteiger partial charge in [0.1, 0.15) is 0 Å². The molecule has 0 bridgehead atoms. The summed E-state index contributed by atoms with van der Waals surface area (Å²) in [6.45, 7) is 0.824. The van der Waals surface area contributed by atoms with E-state index in [1.54, 1.807) is 0 Å². The molecule has 1 aliphatic rings. The van der Waals surface area contributed by atoms with Crippen LogP contribution in [0.15, 0.2) is 0 Å². The van der Waals surface area contributed by atoms with Gasteiger partial charge in [0.15, 0.2) is 0 Å². The van der Waals surface area contributed by atoms with E-state index in [9.17, 15) is 21.6 Å². The highest BCUT2D eigenvalue weighted by molar-refractivity contribution is 7.88. The number of amides is 1. The third kappa shape index (κ3) is 4.71. The van der Waals surface area contributed by atoms with E-state index in [4.69, 9.17) is 0 Å². The monoisotopic (exact) mass is 313 g/mol. The van der Waals surface area contributed by atoms with Crippen molar-refractivity contribution in [2.24, 2.45) is 0 Å². The van der Waals surface area contributed by atoms with Crippen LogP contribution in [0.4, 0.5) is 0 Å². The van der Waals surface area contributed by atoms with Gasteiger partial charge in [-0.15, -0.1) is 0 Å². The van der Waals surface area contributed by atoms with Crippen LogP contribution in [0, 0.1) is 0 Å². The zero-order chi connectivity index (χ0) is 14.8. The van der Waals surface area contributed by atoms with Crippen molar-refractivity contribution in [3.63, 3.8) is 0 Å². The van der Waals surface area contributed by atoms with Crippen LogP contribution >= 0.6 is 0 Å². The maximum absolute atomic E-state index is 11.9. The van der Waals surface area contributed by atoms with E-state index in [1.807, 2.05) is 0 Å². The van der Waals surface area contributed by atoms with Gasteiger partial charge >= 0.3 is 0 Å². The fourth-order valence-electron chi connectivity index (χ4n) is 1.68. The van der Waals surface area contributed by atoms with Gasteiger partial charge < -0.3 is 4.90 Å². The number of hydrogen-bond donors (Lipinski definition) is 0. The average Bonchev–Trinajstić information content (AvgIpc) is 2.26. The second-order valence-corrected chi connectivity index (χ2v) is 8.63. The number of nitrogens with zero attached hydrogens (tertiary/aromatic N) is 3. The Morgan fingerprint density at radius 3 is 1.89 bits per heavy atom. The number of hydrogen-bond acceptors (Lipinski definition) is 5. The number of piperazine rings is 1. The maximum atomic E-state index is 11.9. The van der Waals surface area contributed by atoms with Gasteiger partial charge in [0.05, 0.1) is 19.1 Å². The smallest absolute Gasteiger partial charge is 0.237 e. The van der Waals surface area contributed by atoms with Gasteiger partial charge in [-0.25, -0.2) is 16.8 Å². The lowest BCUT2D eigenvalue weighted by Gasteiger charge is -2.33. The summed E-state index contributed by atoms with van der Waals surface area (Å²) in [7, 11) is -5.29. The van der Waals surface area contributed by atoms with Crippen LogP contribution in [0.3, 0.4) is 0 Å². The predicted molar refractivity (Wildman–Crippen MR) is 70.5 cm³/mol. The first kappa shape index (κ1) is 16.3. The minimum absolute atomic E-state index is 0.224. The summed E-state index contributed by atoms with van der Waals surface area (Å²) in [6, 6.07) is 0. The number of likely N-dealkylation sites (N-methyl/N-ethyl adjacent to an activating group) is 1. The molecule has 1 fully saturated rings. The van der Waals surface area contributed by atoms with Gasteiger partial charge in [0, 0.05) is 33.2 Å². The van der Waals surface area contributed by atoms with E-state index in [0.717, 1.165) is 16.8 Å². The van der Waals surface area contributed by atoms with Gasteiger partial charge in [0.25, 0.3) is 0 Å². The van der Waals surface area contributed by atoms with E-state index >= 15 is 0 Å². The van der Waals surface area contributed by atoms with Gasteiger partial charge in [-0.05, 0) is 0 Å². The fourth-order valence-corrected chi connectivity index (χ4v) is 2.85. The van der Waals surface area contributed by atoms with E-state index in [2.05, 4.69) is 0 Å². The first-order valence-corrected chi connectivity index (χ1v) is 9.35. The fraction of sp³-hybridized carbons (Fsp3) is 0.889. The third-order valence-electron chi connectivity index (χ3n) is 2.98. The van der Waals surface area contributed by atoms with Gasteiger partial charge in [-0.2, -0.15) is 8.61 Å². The van der Waals surface area contributed by atoms with Crippen molar-refractivity contribution in [2.45, 2.75) is 0 Å². The predicted octanol–water partition coefficient (Wildman–Crippen LogP) is -2.02. The lowest BCUT2D eigenvalue weighted by atomic mass is 10.3. The molecular formula is C9H19N3O5S2. The van der Waals surface area contributed by atoms with Crippen LogP contribution in [0.1, 0.15) is 0 Å². The molecule has 0 aliphatic carbocycles. The minimum Gasteiger partial charge on any atom is -0.339 e. The summed E-state index contributed by atoms with van der Waals surface area (Å²) in [6.07, 6.45) is 2.16. The van der Waals surface area contributed by atoms with Crippen molar-refractivity contribution in [3.8, 4) is 0 Å². The van der Waals surface area contributed by atoms with Gasteiger partial charge in [-0.1, -0.05) is 0 Å². The summed E-state index contributed by atoms with van der Waals surface area (Å²) < 4.78 is 47.3. The van der Waals surface area contributed by atoms with E-state index in [1.165, 1.54) is 16.3 Å². The van der Waals surface area contributed by atoms with E-state index in [0.29, 0.717) is 0 Å². The van der Waals surface area contributed by atoms with Crippen LogP contribution in [0.5, 0.6) is 0 Å². The standard InChI is InChI=1S/C9H19N3O5S2/c1-10(18(2,14)15)8-9(13)11-4-6-12(7-5-11)19(3,16)17/h4-8H2,1-3H3. The molecule has 1 saturated heterocycles. The molecule has 0 spiro atoms. The van der Waals surface area contributed by atoms with Crippen LogP contribution in [0.2, 0.25) is 0 Å². The molecule has 0 radical (unpaired) electrons. The Kier molecular flexibility index (Phi) is 4.93. The molecular weight excluding hydrogens is 294 g/mol. The summed E-state index contributed by atoms with van der Waals surface area (Å²) in [4.78, 5) is 13.3. The molecule has 0 atom stereocenters. The first-order chi connectivity index (χ1) is 8.51. The van der Waals surface area contributed by atoms with Gasteiger partial charge in [-0.3, -0.25) is 4.79 Å². The molecule has 1 heterocycles. The van der Waals surface area contributed by atoms with Gasteiger partial charge in [0.2, 0.25) is 26.0 Å². The van der Waals surface area contributed by atoms with Crippen LogP contribution in [-0.2, 0) is 24.8 Å². The summed E-state index contributed by atoms with van der Waals surface area (Å²) in [5, 5.41) is 0. The van der Waals surface area contributed by atoms with E-state index in [-0.39, 0.29) is 38.6 Å². The Morgan fingerprint density at radius 2 is 1.53 bits per heavy atom. The average molecular weight is 313 g/mol. The molecule has 112 valence electrons. The Bertz CT molecular complexity index is 534. The number of sulfonamides is 2. The van der Waals surface area contributed by atoms with E-state index < -0.39 is 20.0 Å². The lowest BCUT2D eigenvalue weighted by Crippen LogP contribution is -2.52. The molecule has 1 rings (SSSR count). The highest BCUT2D eigenvalue weighted by Gasteiger charge is 2.27. The molecule has 10 heteroatoms. The van der Waals surface area contributed by atoms with Crippen molar-refractivity contribution in [3.05, 3.63) is 0 Å². The van der Waals surface area contributed by atoms with Crippen molar-refractivity contribution < 1.29 is 21.6 Å². The second kappa shape index (κ2) is 5.73. The highest BCUT2D eigenvalue weighted by atomic mass is 32.2. The Balaban J connectivity index is 2.55. The normalized spacial score (nSPS) is 18.8. The summed E-state index contributed by atoms with van der Waals surface area (Å²) >= 11 is 0. The van der Waals surface area contributed by atoms with Crippen LogP contribution in [0.25, 0.3) is 0 Å². The van der Waals surface area contributed by atoms with Crippen molar-refractivity contribution in [2.75, 3.05) is 52.3 Å². The number of carbonyl (C=O) groups is 1. The molecule has 8 nitrogen and oxygen atoms in total. The summed E-state index contributed by atoms with van der Waals surface area (Å²) in [5.74, 6) is -0.318. The quantitative estimate of drug-likeness (QED) is 0.597. The van der Waals surface area contributed by atoms with Crippen molar-refractivity contribution >= 4 is 26.0 Å². The molecule has 0 aromatic heterocycles. The molecule has 0 aromatic carbocycles. The molecule has 0 unspecified atom stereocenters. The molecule has 0 saturated carbocycles. The largest absolute Gasteiger partial charge is 0.339 e. The lowest BCUT2D eigenvalue weighted by molar-refractivity contribution is -0.132. The highest BCUT2D eigenvalue weighted by Crippen LogP contribution is 2.07. The Labute approximate surface area is 114 Å². The van der Waals surface area contributed by atoms with Crippen LogP contribution < -0.4 is 0 Å². The zero-order valence-electron chi connectivity index (χ0n) is 11.2. The molecule has 0 aromatic rings. The maximum Gasteiger partial charge on any atom is 0.237 e. The molecule has 19 heavy (non-hydrogen) atoms. The second-order valence-electron chi connectivity index (χ2n) is 4.56. The summed E-state index contributed by atoms with van der Waals surface area (Å²) in [5.41, 5.74) is 0. The van der Waals surface area contributed by atoms with Crippen LogP contribution in [-0.4, -0.2) is 88.5 Å². The number of rotatable bonds is 4. The molecule has 0 N–H and O–H groups in total. The van der Waals surface area contributed by atoms with Crippen molar-refractivity contribution in [1.29, 1.82) is 0 Å². The topological polar surface area (TPSA) is 95.1 Å². The third-order valence-corrected chi connectivity index (χ3v) is 5.55. The number of carbonyl (C=O) groups excluding carboxylic acids is 1. The molecule has 1 aliphatic heterocycles. The minimum atomic E-state index is -3.39. The van der Waals surface area contributed by atoms with Crippen molar-refractivity contribution in [1.82, 2.24) is 13.5 Å². The molecule has 1 amide bonds. The Hall–Kier alpha value is -0.710.